The molecular formula is C36H50N6O4S. The van der Waals surface area contributed by atoms with Gasteiger partial charge in [0.25, 0.3) is 0 Å². The van der Waals surface area contributed by atoms with Crippen molar-refractivity contribution in [1.29, 1.82) is 0 Å². The number of fused-ring (bicyclic) bond motifs is 8. The number of benzene rings is 1. The first-order valence-corrected chi connectivity index (χ1v) is 18.4. The molecule has 7 rings (SSSR count). The fourth-order valence-corrected chi connectivity index (χ4v) is 9.09. The van der Waals surface area contributed by atoms with E-state index in [9.17, 15) is 19.2 Å². The predicted octanol–water partition coefficient (Wildman–Crippen LogP) is 3.40. The van der Waals surface area contributed by atoms with Gasteiger partial charge in [-0.3, -0.25) is 19.2 Å². The zero-order valence-electron chi connectivity index (χ0n) is 27.7. The average molecular weight is 663 g/mol. The first kappa shape index (κ1) is 33.6. The molecule has 6 heterocycles. The van der Waals surface area contributed by atoms with E-state index in [4.69, 9.17) is 4.98 Å². The van der Waals surface area contributed by atoms with E-state index in [1.807, 2.05) is 47.1 Å². The number of carbonyl (C=O) groups excluding carboxylic acids is 4. The molecule has 4 amide bonds. The standard InChI is InChI=1S/C36H50N6O4S/c1-24-31-20-35(46)42-16-11-28(17-33(44)39-21-25-5-3-2-4-6-25)30(23-42)18-32(43)38-13-8-29-22-37-12-7-27(29)19-34(45)41-14-9-26(10-15-41)36(40-31)47-24/h2-6,26-30,37H,7-23H2,1H3,(H,38,43)(H,39,44)/t27-,28-,29-,30-/m0/s1. The van der Waals surface area contributed by atoms with Crippen LogP contribution >= 0.6 is 11.3 Å². The number of nitrogens with zero attached hydrogens (tertiary/aromatic N) is 3. The molecule has 0 unspecified atom stereocenters. The molecule has 0 aliphatic carbocycles. The van der Waals surface area contributed by atoms with E-state index in [2.05, 4.69) is 16.0 Å². The van der Waals surface area contributed by atoms with Gasteiger partial charge in [-0.05, 0) is 81.4 Å². The summed E-state index contributed by atoms with van der Waals surface area (Å²) in [5, 5.41) is 10.8. The number of hydrogen-bond acceptors (Lipinski definition) is 7. The fourth-order valence-electron chi connectivity index (χ4n) is 7.98. The maximum atomic E-state index is 13.7. The highest BCUT2D eigenvalue weighted by Crippen LogP contribution is 2.35. The number of rotatable bonds is 4. The lowest BCUT2D eigenvalue weighted by atomic mass is 9.80. The molecule has 6 bridgehead atoms. The zero-order valence-corrected chi connectivity index (χ0v) is 28.5. The summed E-state index contributed by atoms with van der Waals surface area (Å²) in [4.78, 5) is 63.4. The van der Waals surface area contributed by atoms with E-state index in [0.717, 1.165) is 73.0 Å². The van der Waals surface area contributed by atoms with E-state index >= 15 is 0 Å². The van der Waals surface area contributed by atoms with Gasteiger partial charge in [0.2, 0.25) is 23.6 Å². The molecule has 10 nitrogen and oxygen atoms in total. The second-order valence-electron chi connectivity index (χ2n) is 14.1. The number of aryl methyl sites for hydroxylation is 1. The van der Waals surface area contributed by atoms with Crippen LogP contribution in [0.1, 0.15) is 78.4 Å². The highest BCUT2D eigenvalue weighted by molar-refractivity contribution is 7.11. The maximum Gasteiger partial charge on any atom is 0.228 e. The van der Waals surface area contributed by atoms with Crippen LogP contribution in [0.15, 0.2) is 30.3 Å². The Kier molecular flexibility index (Phi) is 11.2. The van der Waals surface area contributed by atoms with Gasteiger partial charge in [-0.1, -0.05) is 30.3 Å². The van der Waals surface area contributed by atoms with Crippen molar-refractivity contribution in [3.63, 3.8) is 0 Å². The van der Waals surface area contributed by atoms with Crippen molar-refractivity contribution in [2.45, 2.75) is 77.2 Å². The monoisotopic (exact) mass is 662 g/mol. The Morgan fingerprint density at radius 3 is 2.49 bits per heavy atom. The highest BCUT2D eigenvalue weighted by atomic mass is 32.1. The maximum absolute atomic E-state index is 13.7. The lowest BCUT2D eigenvalue weighted by Crippen LogP contribution is -2.47. The Hall–Kier alpha value is -3.31. The molecule has 1 aromatic carbocycles. The molecule has 3 fully saturated rings. The van der Waals surface area contributed by atoms with Crippen LogP contribution in [-0.2, 0) is 32.1 Å². The van der Waals surface area contributed by atoms with E-state index in [1.165, 1.54) is 0 Å². The molecule has 3 saturated heterocycles. The molecule has 0 spiro atoms. The van der Waals surface area contributed by atoms with E-state index in [-0.39, 0.29) is 48.3 Å². The summed E-state index contributed by atoms with van der Waals surface area (Å²) in [6, 6.07) is 9.85. The van der Waals surface area contributed by atoms with Crippen LogP contribution in [-0.4, -0.2) is 84.2 Å². The molecular weight excluding hydrogens is 613 g/mol. The van der Waals surface area contributed by atoms with Crippen LogP contribution < -0.4 is 16.0 Å². The van der Waals surface area contributed by atoms with Gasteiger partial charge >= 0.3 is 0 Å². The number of nitrogens with one attached hydrogen (secondary N) is 3. The number of amides is 4. The highest BCUT2D eigenvalue weighted by Gasteiger charge is 2.36. The van der Waals surface area contributed by atoms with Crippen LogP contribution in [0.25, 0.3) is 0 Å². The SMILES string of the molecule is Cc1sc2nc1CC(=O)N1CC[C@@H](CC(=O)NCc3ccccc3)[C@@H](CC(=O)NCC[C@H]3CNCC[C@H]3CC(=O)N3CCC2CC3)C1. The third-order valence-electron chi connectivity index (χ3n) is 10.9. The Morgan fingerprint density at radius 1 is 0.915 bits per heavy atom. The van der Waals surface area contributed by atoms with Crippen molar-refractivity contribution >= 4 is 35.0 Å². The molecule has 2 aromatic rings. The third-order valence-corrected chi connectivity index (χ3v) is 12.1. The molecule has 0 radical (unpaired) electrons. The van der Waals surface area contributed by atoms with Crippen LogP contribution in [0.2, 0.25) is 0 Å². The Bertz CT molecular complexity index is 1410. The van der Waals surface area contributed by atoms with Gasteiger partial charge in [-0.2, -0.15) is 0 Å². The third kappa shape index (κ3) is 8.79. The first-order valence-electron chi connectivity index (χ1n) is 17.6. The number of aromatic nitrogens is 1. The summed E-state index contributed by atoms with van der Waals surface area (Å²) in [5.74, 6) is 1.08. The van der Waals surface area contributed by atoms with Crippen molar-refractivity contribution < 1.29 is 19.2 Å². The quantitative estimate of drug-likeness (QED) is 0.462. The number of thiazole rings is 1. The number of carbonyl (C=O) groups is 4. The predicted molar refractivity (Wildman–Crippen MR) is 182 cm³/mol. The lowest BCUT2D eigenvalue weighted by Gasteiger charge is -2.38. The second kappa shape index (κ2) is 15.7. The fraction of sp³-hybridized carbons (Fsp3) is 0.639. The van der Waals surface area contributed by atoms with Gasteiger partial charge in [-0.25, -0.2) is 4.98 Å². The van der Waals surface area contributed by atoms with Gasteiger partial charge in [0, 0.05) is 69.3 Å². The van der Waals surface area contributed by atoms with Gasteiger partial charge in [0.1, 0.15) is 0 Å². The molecule has 11 heteroatoms. The first-order chi connectivity index (χ1) is 22.8. The summed E-state index contributed by atoms with van der Waals surface area (Å²) in [6.45, 7) is 7.41. The van der Waals surface area contributed by atoms with Crippen molar-refractivity contribution in [1.82, 2.24) is 30.7 Å². The van der Waals surface area contributed by atoms with E-state index in [0.29, 0.717) is 63.2 Å². The van der Waals surface area contributed by atoms with Gasteiger partial charge in [0.15, 0.2) is 0 Å². The average Bonchev–Trinajstić information content (AvgIpc) is 3.44. The lowest BCUT2D eigenvalue weighted by molar-refractivity contribution is -0.135. The zero-order chi connectivity index (χ0) is 32.8. The topological polar surface area (TPSA) is 124 Å². The summed E-state index contributed by atoms with van der Waals surface area (Å²) >= 11 is 1.69. The Balaban J connectivity index is 1.16. The molecule has 47 heavy (non-hydrogen) atoms. The Morgan fingerprint density at radius 2 is 1.68 bits per heavy atom. The molecule has 1 aromatic heterocycles. The van der Waals surface area contributed by atoms with Crippen molar-refractivity contribution in [2.75, 3.05) is 45.8 Å². The summed E-state index contributed by atoms with van der Waals surface area (Å²) in [6.07, 6.45) is 5.73. The van der Waals surface area contributed by atoms with Crippen molar-refractivity contribution in [3.8, 4) is 0 Å². The van der Waals surface area contributed by atoms with Crippen molar-refractivity contribution in [3.05, 3.63) is 51.5 Å². The summed E-state index contributed by atoms with van der Waals surface area (Å²) in [7, 11) is 0. The number of hydrogen-bond donors (Lipinski definition) is 3. The van der Waals surface area contributed by atoms with Crippen LogP contribution in [0, 0.1) is 30.6 Å². The van der Waals surface area contributed by atoms with Crippen LogP contribution in [0.4, 0.5) is 0 Å². The van der Waals surface area contributed by atoms with Gasteiger partial charge in [-0.15, -0.1) is 11.3 Å². The molecule has 254 valence electrons. The van der Waals surface area contributed by atoms with E-state index < -0.39 is 0 Å². The summed E-state index contributed by atoms with van der Waals surface area (Å²) in [5.41, 5.74) is 1.89. The molecule has 3 N–H and O–H groups in total. The smallest absolute Gasteiger partial charge is 0.228 e. The van der Waals surface area contributed by atoms with Gasteiger partial charge < -0.3 is 25.8 Å². The minimum absolute atomic E-state index is 0.0121. The summed E-state index contributed by atoms with van der Waals surface area (Å²) < 4.78 is 0. The van der Waals surface area contributed by atoms with Crippen LogP contribution in [0.5, 0.6) is 0 Å². The number of piperidine rings is 3. The van der Waals surface area contributed by atoms with E-state index in [1.54, 1.807) is 11.3 Å². The normalized spacial score (nSPS) is 27.9. The minimum atomic E-state index is -0.109. The molecule has 4 atom stereocenters. The molecule has 5 aliphatic heterocycles. The Labute approximate surface area is 282 Å². The molecule has 0 saturated carbocycles. The van der Waals surface area contributed by atoms with Crippen molar-refractivity contribution in [2.24, 2.45) is 23.7 Å². The minimum Gasteiger partial charge on any atom is -0.356 e. The van der Waals surface area contributed by atoms with Crippen LogP contribution in [0.3, 0.4) is 0 Å². The van der Waals surface area contributed by atoms with Gasteiger partial charge in [0.05, 0.1) is 17.1 Å². The second-order valence-corrected chi connectivity index (χ2v) is 15.3. The largest absolute Gasteiger partial charge is 0.356 e. The molecule has 5 aliphatic rings.